The van der Waals surface area contributed by atoms with Crippen molar-refractivity contribution in [2.75, 3.05) is 19.4 Å². The number of hydrogen-bond acceptors (Lipinski definition) is 7. The Morgan fingerprint density at radius 3 is 1.96 bits per heavy atom. The fraction of sp³-hybridized carbons (Fsp3) is 0.205. The van der Waals surface area contributed by atoms with Gasteiger partial charge in [0.1, 0.15) is 5.75 Å². The van der Waals surface area contributed by atoms with Crippen LogP contribution in [0.2, 0.25) is 0 Å². The van der Waals surface area contributed by atoms with Gasteiger partial charge in [0.15, 0.2) is 5.78 Å². The van der Waals surface area contributed by atoms with Crippen LogP contribution >= 0.6 is 0 Å². The van der Waals surface area contributed by atoms with Crippen LogP contribution in [0.15, 0.2) is 127 Å². The highest BCUT2D eigenvalue weighted by Crippen LogP contribution is 2.39. The Kier molecular flexibility index (Phi) is 10.8. The van der Waals surface area contributed by atoms with E-state index in [9.17, 15) is 14.9 Å². The van der Waals surface area contributed by atoms with E-state index in [0.29, 0.717) is 42.0 Å². The van der Waals surface area contributed by atoms with Gasteiger partial charge in [-0.3, -0.25) is 20.2 Å². The van der Waals surface area contributed by atoms with Crippen LogP contribution in [-0.4, -0.2) is 30.4 Å². The fourth-order valence-corrected chi connectivity index (χ4v) is 6.18. The summed E-state index contributed by atoms with van der Waals surface area (Å²) in [6.45, 7) is 0.487. The molecule has 0 spiro atoms. The van der Waals surface area contributed by atoms with Gasteiger partial charge < -0.3 is 16.2 Å². The minimum Gasteiger partial charge on any atom is -0.497 e. The van der Waals surface area contributed by atoms with Crippen LogP contribution in [0, 0.1) is 10.1 Å². The first-order valence-corrected chi connectivity index (χ1v) is 15.8. The molecule has 0 fully saturated rings. The van der Waals surface area contributed by atoms with Crippen molar-refractivity contribution in [1.82, 2.24) is 5.32 Å². The first kappa shape index (κ1) is 33.1. The van der Waals surface area contributed by atoms with Crippen LogP contribution < -0.4 is 21.5 Å². The predicted molar refractivity (Wildman–Crippen MR) is 187 cm³/mol. The quantitative estimate of drug-likeness (QED) is 0.0283. The second-order valence-electron chi connectivity index (χ2n) is 11.5. The molecular weight excluding hydrogens is 588 g/mol. The number of nitrogens with one attached hydrogen (secondary N) is 1. The Labute approximate surface area is 275 Å². The van der Waals surface area contributed by atoms with E-state index in [1.807, 2.05) is 97.1 Å². The number of ketones is 1. The predicted octanol–water partition coefficient (Wildman–Crippen LogP) is 7.04. The van der Waals surface area contributed by atoms with Crippen LogP contribution in [0.4, 0.5) is 11.4 Å². The summed E-state index contributed by atoms with van der Waals surface area (Å²) in [7, 11) is 1.63. The molecule has 5 rings (SSSR count). The Morgan fingerprint density at radius 1 is 0.809 bits per heavy atom. The smallest absolute Gasteiger partial charge is 0.273 e. The number of nitrogen functional groups attached to an aromatic ring is 1. The second-order valence-corrected chi connectivity index (χ2v) is 11.5. The number of nitro groups is 1. The lowest BCUT2D eigenvalue weighted by molar-refractivity contribution is -0.385. The normalized spacial score (nSPS) is 12.0. The first-order chi connectivity index (χ1) is 22.9. The summed E-state index contributed by atoms with van der Waals surface area (Å²) in [5.74, 6) is 0.490. The summed E-state index contributed by atoms with van der Waals surface area (Å²) in [5.41, 5.74) is 15.6. The summed E-state index contributed by atoms with van der Waals surface area (Å²) in [6.07, 6.45) is 2.09. The highest BCUT2D eigenvalue weighted by molar-refractivity contribution is 6.02. The van der Waals surface area contributed by atoms with Crippen LogP contribution in [0.3, 0.4) is 0 Å². The van der Waals surface area contributed by atoms with Crippen molar-refractivity contribution in [3.63, 3.8) is 0 Å². The number of methoxy groups -OCH3 is 1. The summed E-state index contributed by atoms with van der Waals surface area (Å²) in [6, 6.07) is 39.0. The second kappa shape index (κ2) is 15.3. The summed E-state index contributed by atoms with van der Waals surface area (Å²) < 4.78 is 5.49. The highest BCUT2D eigenvalue weighted by atomic mass is 16.6. The third kappa shape index (κ3) is 7.41. The largest absolute Gasteiger partial charge is 0.497 e. The molecule has 8 heteroatoms. The van der Waals surface area contributed by atoms with Crippen molar-refractivity contribution < 1.29 is 14.5 Å². The number of hydrogen-bond donors (Lipinski definition) is 3. The zero-order valence-electron chi connectivity index (χ0n) is 26.5. The number of nitrogens with two attached hydrogens (primary N) is 2. The van der Waals surface area contributed by atoms with Crippen molar-refractivity contribution in [2.45, 2.75) is 37.3 Å². The molecule has 0 aliphatic rings. The number of ether oxygens (including phenoxy) is 1. The van der Waals surface area contributed by atoms with Gasteiger partial charge in [-0.15, -0.1) is 0 Å². The SMILES string of the molecule is COc1ccc(C(NC(CCCCN)C(=O)c2cccc([N+](=O)[O-])c2Cc2ccc(N)cc2)(c2ccccc2)c2ccccc2)cc1. The number of benzene rings is 5. The van der Waals surface area contributed by atoms with Gasteiger partial charge in [-0.2, -0.15) is 0 Å². The van der Waals surface area contributed by atoms with E-state index in [4.69, 9.17) is 16.2 Å². The van der Waals surface area contributed by atoms with Crippen LogP contribution in [0.1, 0.15) is 57.4 Å². The van der Waals surface area contributed by atoms with Gasteiger partial charge in [0.25, 0.3) is 5.69 Å². The van der Waals surface area contributed by atoms with Crippen molar-refractivity contribution in [1.29, 1.82) is 0 Å². The molecule has 8 nitrogen and oxygen atoms in total. The van der Waals surface area contributed by atoms with Crippen molar-refractivity contribution in [3.05, 3.63) is 171 Å². The van der Waals surface area contributed by atoms with E-state index in [-0.39, 0.29) is 17.9 Å². The minimum absolute atomic E-state index is 0.0964. The number of anilines is 1. The van der Waals surface area contributed by atoms with Crippen molar-refractivity contribution >= 4 is 17.2 Å². The molecular formula is C39H40N4O4. The lowest BCUT2D eigenvalue weighted by atomic mass is 9.75. The maximum atomic E-state index is 14.9. The molecule has 0 radical (unpaired) electrons. The highest BCUT2D eigenvalue weighted by Gasteiger charge is 2.40. The molecule has 5 aromatic carbocycles. The molecule has 1 atom stereocenters. The van der Waals surface area contributed by atoms with Crippen LogP contribution in [0.25, 0.3) is 0 Å². The van der Waals surface area contributed by atoms with Gasteiger partial charge in [0.2, 0.25) is 0 Å². The van der Waals surface area contributed by atoms with E-state index < -0.39 is 16.5 Å². The number of nitro benzene ring substituents is 1. The molecule has 0 saturated heterocycles. The van der Waals surface area contributed by atoms with E-state index in [1.54, 1.807) is 31.4 Å². The molecule has 1 unspecified atom stereocenters. The Balaban J connectivity index is 1.69. The Hall–Kier alpha value is -5.31. The van der Waals surface area contributed by atoms with Crippen molar-refractivity contribution in [2.24, 2.45) is 5.73 Å². The van der Waals surface area contributed by atoms with Gasteiger partial charge in [-0.1, -0.05) is 103 Å². The summed E-state index contributed by atoms with van der Waals surface area (Å²) in [4.78, 5) is 26.8. The molecule has 47 heavy (non-hydrogen) atoms. The van der Waals surface area contributed by atoms with Gasteiger partial charge in [-0.25, -0.2) is 0 Å². The summed E-state index contributed by atoms with van der Waals surface area (Å²) in [5, 5.41) is 16.1. The van der Waals surface area contributed by atoms with E-state index in [1.165, 1.54) is 6.07 Å². The monoisotopic (exact) mass is 628 g/mol. The zero-order valence-corrected chi connectivity index (χ0v) is 26.5. The molecule has 0 bridgehead atoms. The third-order valence-electron chi connectivity index (χ3n) is 8.56. The number of rotatable bonds is 15. The van der Waals surface area contributed by atoms with Gasteiger partial charge in [-0.05, 0) is 65.9 Å². The fourth-order valence-electron chi connectivity index (χ4n) is 6.18. The van der Waals surface area contributed by atoms with E-state index >= 15 is 0 Å². The van der Waals surface area contributed by atoms with Crippen molar-refractivity contribution in [3.8, 4) is 5.75 Å². The number of nitrogens with zero attached hydrogens (tertiary/aromatic N) is 1. The molecule has 0 aliphatic carbocycles. The van der Waals surface area contributed by atoms with Crippen LogP contribution in [0.5, 0.6) is 5.75 Å². The zero-order chi connectivity index (χ0) is 33.2. The average Bonchev–Trinajstić information content (AvgIpc) is 3.11. The van der Waals surface area contributed by atoms with E-state index in [0.717, 1.165) is 28.7 Å². The third-order valence-corrected chi connectivity index (χ3v) is 8.56. The molecule has 0 aromatic heterocycles. The van der Waals surface area contributed by atoms with Gasteiger partial charge >= 0.3 is 0 Å². The average molecular weight is 629 g/mol. The number of unbranched alkanes of at least 4 members (excludes halogenated alkanes) is 1. The van der Waals surface area contributed by atoms with Crippen LogP contribution in [-0.2, 0) is 12.0 Å². The topological polar surface area (TPSA) is 134 Å². The first-order valence-electron chi connectivity index (χ1n) is 15.8. The molecule has 240 valence electrons. The number of carbonyl (C=O) groups excluding carboxylic acids is 1. The molecule has 0 amide bonds. The molecule has 5 N–H and O–H groups in total. The van der Waals surface area contributed by atoms with Gasteiger partial charge in [0.05, 0.1) is 23.6 Å². The molecule has 0 aliphatic heterocycles. The molecule has 0 heterocycles. The standard InChI is InChI=1S/C39H40N4O4/c1-47-33-24-20-31(21-25-33)39(29-11-4-2-5-12-29,30-13-6-3-7-14-30)42-36(16-8-9-26-40)38(44)34-15-10-17-37(43(45)46)35(34)27-28-18-22-32(41)23-19-28/h2-7,10-15,17-25,36,42H,8-9,16,26-27,40-41H2,1H3. The Morgan fingerprint density at radius 2 is 1.40 bits per heavy atom. The lowest BCUT2D eigenvalue weighted by Gasteiger charge is -2.40. The maximum Gasteiger partial charge on any atom is 0.273 e. The van der Waals surface area contributed by atoms with Gasteiger partial charge in [0, 0.05) is 29.3 Å². The number of carbonyl (C=O) groups is 1. The molecule has 5 aromatic rings. The minimum atomic E-state index is -0.963. The summed E-state index contributed by atoms with van der Waals surface area (Å²) >= 11 is 0. The number of Topliss-reactive ketones (excluding diaryl/α,β-unsaturated/α-hetero) is 1. The molecule has 0 saturated carbocycles. The van der Waals surface area contributed by atoms with E-state index in [2.05, 4.69) is 5.32 Å². The Bertz CT molecular complexity index is 1740. The maximum absolute atomic E-state index is 14.9. The lowest BCUT2D eigenvalue weighted by Crippen LogP contribution is -2.52.